The van der Waals surface area contributed by atoms with Crippen LogP contribution in [0.25, 0.3) is 11.1 Å². The number of aromatic carboxylic acids is 4. The predicted octanol–water partition coefficient (Wildman–Crippen LogP) is 2.15. The first kappa shape index (κ1) is 16.7. The van der Waals surface area contributed by atoms with E-state index in [4.69, 9.17) is 20.4 Å². The monoisotopic (exact) mass is 330 g/mol. The van der Waals surface area contributed by atoms with E-state index in [1.807, 2.05) is 0 Å². The van der Waals surface area contributed by atoms with E-state index in [1.165, 1.54) is 0 Å². The highest BCUT2D eigenvalue weighted by molar-refractivity contribution is 5.98. The number of carboxylic acid groups (broad SMARTS) is 4. The number of hydrogen-bond acceptors (Lipinski definition) is 4. The summed E-state index contributed by atoms with van der Waals surface area (Å²) in [5.74, 6) is -5.47. The van der Waals surface area contributed by atoms with E-state index < -0.39 is 23.9 Å². The Kier molecular flexibility index (Phi) is 4.32. The zero-order valence-corrected chi connectivity index (χ0v) is 11.9. The number of benzene rings is 2. The van der Waals surface area contributed by atoms with Crippen molar-refractivity contribution in [3.63, 3.8) is 0 Å². The van der Waals surface area contributed by atoms with Gasteiger partial charge >= 0.3 is 23.9 Å². The minimum Gasteiger partial charge on any atom is -0.478 e. The first-order valence-corrected chi connectivity index (χ1v) is 6.43. The molecule has 0 aliphatic rings. The molecule has 0 unspecified atom stereocenters. The van der Waals surface area contributed by atoms with Crippen molar-refractivity contribution in [3.8, 4) is 11.1 Å². The molecule has 2 aromatic rings. The molecule has 0 radical (unpaired) electrons. The van der Waals surface area contributed by atoms with Gasteiger partial charge in [0.05, 0.1) is 22.3 Å². The van der Waals surface area contributed by atoms with Gasteiger partial charge in [0.15, 0.2) is 0 Å². The van der Waals surface area contributed by atoms with Crippen molar-refractivity contribution in [2.75, 3.05) is 0 Å². The van der Waals surface area contributed by atoms with Crippen LogP contribution in [0.2, 0.25) is 0 Å². The highest BCUT2D eigenvalue weighted by Gasteiger charge is 2.16. The third kappa shape index (κ3) is 3.38. The van der Waals surface area contributed by atoms with Crippen LogP contribution in [0.5, 0.6) is 0 Å². The summed E-state index contributed by atoms with van der Waals surface area (Å²) in [7, 11) is 0. The minimum absolute atomic E-state index is 0.0814. The first-order valence-electron chi connectivity index (χ1n) is 6.43. The maximum atomic E-state index is 11.1. The predicted molar refractivity (Wildman–Crippen MR) is 79.7 cm³/mol. The van der Waals surface area contributed by atoms with Crippen LogP contribution in [0.1, 0.15) is 41.4 Å². The van der Waals surface area contributed by atoms with E-state index in [0.29, 0.717) is 0 Å². The fraction of sp³-hybridized carbons (Fsp3) is 0. The standard InChI is InChI=1S/C16H10O8/c17-13(18)9-1-7(2-10(5-9)14(19)20)8-3-11(15(21)22)6-12(4-8)16(23)24/h1-6H,(H,17,18)(H,19,20)(H,21,22)(H,23,24). The Balaban J connectivity index is 2.74. The van der Waals surface area contributed by atoms with Gasteiger partial charge in [0.2, 0.25) is 0 Å². The molecule has 8 heteroatoms. The fourth-order valence-electron chi connectivity index (χ4n) is 2.08. The van der Waals surface area contributed by atoms with Gasteiger partial charge in [0.1, 0.15) is 0 Å². The number of rotatable bonds is 5. The van der Waals surface area contributed by atoms with Crippen LogP contribution in [0.3, 0.4) is 0 Å². The lowest BCUT2D eigenvalue weighted by molar-refractivity contribution is 0.0676. The summed E-state index contributed by atoms with van der Waals surface area (Å²) < 4.78 is 0. The highest BCUT2D eigenvalue weighted by atomic mass is 16.4. The molecule has 122 valence electrons. The summed E-state index contributed by atoms with van der Waals surface area (Å²) in [6.45, 7) is 0. The third-order valence-electron chi connectivity index (χ3n) is 3.19. The molecule has 0 saturated carbocycles. The highest BCUT2D eigenvalue weighted by Crippen LogP contribution is 2.26. The summed E-state index contributed by atoms with van der Waals surface area (Å²) in [6.07, 6.45) is 0. The van der Waals surface area contributed by atoms with Crippen LogP contribution in [-0.4, -0.2) is 44.3 Å². The Morgan fingerprint density at radius 3 is 0.833 bits per heavy atom. The molecule has 2 aromatic carbocycles. The molecule has 24 heavy (non-hydrogen) atoms. The Labute approximate surface area is 134 Å². The molecule has 0 spiro atoms. The van der Waals surface area contributed by atoms with Gasteiger partial charge < -0.3 is 20.4 Å². The lowest BCUT2D eigenvalue weighted by Crippen LogP contribution is -2.05. The second-order valence-corrected chi connectivity index (χ2v) is 4.82. The molecule has 0 atom stereocenters. The zero-order valence-electron chi connectivity index (χ0n) is 11.9. The lowest BCUT2D eigenvalue weighted by Gasteiger charge is -2.08. The van der Waals surface area contributed by atoms with Crippen molar-refractivity contribution in [1.29, 1.82) is 0 Å². The summed E-state index contributed by atoms with van der Waals surface area (Å²) in [5, 5.41) is 36.3. The fourth-order valence-corrected chi connectivity index (χ4v) is 2.08. The molecule has 0 aliphatic heterocycles. The van der Waals surface area contributed by atoms with Crippen molar-refractivity contribution in [3.05, 3.63) is 58.7 Å². The Bertz CT molecular complexity index is 744. The number of carboxylic acids is 4. The van der Waals surface area contributed by atoms with E-state index >= 15 is 0 Å². The molecule has 0 aromatic heterocycles. The van der Waals surface area contributed by atoms with Gasteiger partial charge in [-0.05, 0) is 47.5 Å². The Morgan fingerprint density at radius 1 is 0.458 bits per heavy atom. The van der Waals surface area contributed by atoms with E-state index in [0.717, 1.165) is 36.4 Å². The summed E-state index contributed by atoms with van der Waals surface area (Å²) >= 11 is 0. The average molecular weight is 330 g/mol. The van der Waals surface area contributed by atoms with E-state index in [9.17, 15) is 19.2 Å². The molecular formula is C16H10O8. The van der Waals surface area contributed by atoms with Crippen LogP contribution < -0.4 is 0 Å². The molecular weight excluding hydrogens is 320 g/mol. The van der Waals surface area contributed by atoms with Gasteiger partial charge in [-0.25, -0.2) is 19.2 Å². The topological polar surface area (TPSA) is 149 Å². The van der Waals surface area contributed by atoms with Crippen molar-refractivity contribution < 1.29 is 39.6 Å². The SMILES string of the molecule is O=C(O)c1cc(C(=O)O)cc(-c2cc(C(=O)O)cc(C(=O)O)c2)c1. The quantitative estimate of drug-likeness (QED) is 0.651. The number of hydrogen-bond donors (Lipinski definition) is 4. The molecule has 8 nitrogen and oxygen atoms in total. The van der Waals surface area contributed by atoms with Crippen molar-refractivity contribution in [1.82, 2.24) is 0 Å². The van der Waals surface area contributed by atoms with Crippen LogP contribution in [-0.2, 0) is 0 Å². The van der Waals surface area contributed by atoms with Crippen molar-refractivity contribution in [2.24, 2.45) is 0 Å². The molecule has 0 heterocycles. The molecule has 0 fully saturated rings. The van der Waals surface area contributed by atoms with Gasteiger partial charge in [-0.2, -0.15) is 0 Å². The van der Waals surface area contributed by atoms with Crippen LogP contribution >= 0.6 is 0 Å². The average Bonchev–Trinajstić information content (AvgIpc) is 2.53. The molecule has 4 N–H and O–H groups in total. The lowest BCUT2D eigenvalue weighted by atomic mass is 9.96. The van der Waals surface area contributed by atoms with Gasteiger partial charge in [0, 0.05) is 0 Å². The van der Waals surface area contributed by atoms with E-state index in [2.05, 4.69) is 0 Å². The minimum atomic E-state index is -1.37. The van der Waals surface area contributed by atoms with Crippen LogP contribution in [0.15, 0.2) is 36.4 Å². The Morgan fingerprint density at radius 2 is 0.667 bits per heavy atom. The van der Waals surface area contributed by atoms with Gasteiger partial charge in [-0.3, -0.25) is 0 Å². The van der Waals surface area contributed by atoms with Crippen LogP contribution in [0, 0.1) is 0 Å². The first-order chi connectivity index (χ1) is 11.2. The molecule has 0 amide bonds. The maximum absolute atomic E-state index is 11.1. The molecule has 0 aliphatic carbocycles. The van der Waals surface area contributed by atoms with E-state index in [-0.39, 0.29) is 33.4 Å². The second-order valence-electron chi connectivity index (χ2n) is 4.82. The van der Waals surface area contributed by atoms with Gasteiger partial charge in [-0.15, -0.1) is 0 Å². The molecule has 0 bridgehead atoms. The summed E-state index contributed by atoms with van der Waals surface area (Å²) in [4.78, 5) is 44.5. The van der Waals surface area contributed by atoms with E-state index in [1.54, 1.807) is 0 Å². The van der Waals surface area contributed by atoms with Gasteiger partial charge in [-0.1, -0.05) is 0 Å². The third-order valence-corrected chi connectivity index (χ3v) is 3.19. The molecule has 2 rings (SSSR count). The smallest absolute Gasteiger partial charge is 0.335 e. The summed E-state index contributed by atoms with van der Waals surface area (Å²) in [6, 6.07) is 6.46. The normalized spacial score (nSPS) is 10.2. The maximum Gasteiger partial charge on any atom is 0.335 e. The largest absolute Gasteiger partial charge is 0.478 e. The van der Waals surface area contributed by atoms with Crippen molar-refractivity contribution in [2.45, 2.75) is 0 Å². The summed E-state index contributed by atoms with van der Waals surface area (Å²) in [5.41, 5.74) is -1.11. The van der Waals surface area contributed by atoms with Crippen LogP contribution in [0.4, 0.5) is 0 Å². The van der Waals surface area contributed by atoms with Crippen molar-refractivity contribution >= 4 is 23.9 Å². The zero-order chi connectivity index (χ0) is 18.0. The Hall–Kier alpha value is -3.68. The number of carbonyl (C=O) groups is 4. The molecule has 0 saturated heterocycles. The van der Waals surface area contributed by atoms with Gasteiger partial charge in [0.25, 0.3) is 0 Å². The second kappa shape index (κ2) is 6.21.